The van der Waals surface area contributed by atoms with Crippen molar-refractivity contribution in [3.63, 3.8) is 0 Å². The molecular weight excluding hydrogens is 306 g/mol. The van der Waals surface area contributed by atoms with Crippen LogP contribution in [-0.2, 0) is 9.53 Å². The van der Waals surface area contributed by atoms with E-state index in [1.807, 2.05) is 11.8 Å². The molecule has 1 saturated heterocycles. The maximum Gasteiger partial charge on any atom is 0.220 e. The van der Waals surface area contributed by atoms with Gasteiger partial charge in [0, 0.05) is 37.2 Å². The molecule has 23 heavy (non-hydrogen) atoms. The third kappa shape index (κ3) is 3.89. The Labute approximate surface area is 144 Å². The van der Waals surface area contributed by atoms with Crippen molar-refractivity contribution < 1.29 is 9.53 Å². The number of amides is 1. The standard InChI is InChI=1S/C19H31NO2S/c21-18(20-3-6-23-17-1-4-22-5-2-17)13-19-10-14-7-15(11-19)9-16(8-14)12-19/h14-17H,1-13H2,(H,20,21). The summed E-state index contributed by atoms with van der Waals surface area (Å²) in [6.45, 7) is 2.67. The van der Waals surface area contributed by atoms with E-state index in [1.54, 1.807) is 0 Å². The zero-order valence-electron chi connectivity index (χ0n) is 14.2. The molecule has 130 valence electrons. The quantitative estimate of drug-likeness (QED) is 0.752. The van der Waals surface area contributed by atoms with E-state index in [-0.39, 0.29) is 0 Å². The van der Waals surface area contributed by atoms with E-state index in [0.717, 1.165) is 54.9 Å². The molecule has 1 heterocycles. The fraction of sp³-hybridized carbons (Fsp3) is 0.947. The second kappa shape index (κ2) is 6.95. The highest BCUT2D eigenvalue weighted by Crippen LogP contribution is 2.61. The van der Waals surface area contributed by atoms with Crippen molar-refractivity contribution in [3.05, 3.63) is 0 Å². The molecule has 0 spiro atoms. The lowest BCUT2D eigenvalue weighted by molar-refractivity contribution is -0.129. The summed E-state index contributed by atoms with van der Waals surface area (Å²) >= 11 is 2.01. The molecule has 0 aromatic carbocycles. The van der Waals surface area contributed by atoms with Crippen molar-refractivity contribution in [2.45, 2.75) is 63.0 Å². The minimum absolute atomic E-state index is 0.319. The average Bonchev–Trinajstić information content (AvgIpc) is 2.51. The molecule has 4 aliphatic carbocycles. The molecule has 0 radical (unpaired) electrons. The smallest absolute Gasteiger partial charge is 0.220 e. The summed E-state index contributed by atoms with van der Waals surface area (Å²) in [6.07, 6.45) is 11.5. The van der Waals surface area contributed by atoms with Crippen molar-refractivity contribution in [2.24, 2.45) is 23.2 Å². The maximum atomic E-state index is 12.4. The van der Waals surface area contributed by atoms with Gasteiger partial charge in [-0.3, -0.25) is 4.79 Å². The first-order chi connectivity index (χ1) is 11.2. The Bertz CT molecular complexity index is 398. The average molecular weight is 338 g/mol. The monoisotopic (exact) mass is 337 g/mol. The third-order valence-electron chi connectivity index (χ3n) is 6.65. The van der Waals surface area contributed by atoms with E-state index in [0.29, 0.717) is 11.3 Å². The van der Waals surface area contributed by atoms with Crippen molar-refractivity contribution in [1.29, 1.82) is 0 Å². The number of nitrogens with one attached hydrogen (secondary N) is 1. The van der Waals surface area contributed by atoms with Gasteiger partial charge in [0.2, 0.25) is 5.91 Å². The Morgan fingerprint density at radius 2 is 1.65 bits per heavy atom. The number of carbonyl (C=O) groups excluding carboxylic acids is 1. The summed E-state index contributed by atoms with van der Waals surface area (Å²) in [5.74, 6) is 4.20. The number of thioether (sulfide) groups is 1. The molecule has 1 aliphatic heterocycles. The predicted octanol–water partition coefficient (Wildman–Crippen LogP) is 3.62. The number of hydrogen-bond acceptors (Lipinski definition) is 3. The predicted molar refractivity (Wildman–Crippen MR) is 94.5 cm³/mol. The van der Waals surface area contributed by atoms with Gasteiger partial charge in [0.25, 0.3) is 0 Å². The SMILES string of the molecule is O=C(CC12CC3CC(CC(C3)C1)C2)NCCSC1CCOCC1. The van der Waals surface area contributed by atoms with Crippen LogP contribution < -0.4 is 5.32 Å². The molecule has 1 N–H and O–H groups in total. The van der Waals surface area contributed by atoms with Crippen LogP contribution in [0.25, 0.3) is 0 Å². The second-order valence-corrected chi connectivity index (χ2v) is 10.0. The first-order valence-corrected chi connectivity index (χ1v) is 10.7. The Morgan fingerprint density at radius 1 is 1.04 bits per heavy atom. The van der Waals surface area contributed by atoms with E-state index >= 15 is 0 Å². The Balaban J connectivity index is 1.18. The second-order valence-electron chi connectivity index (χ2n) is 8.63. The van der Waals surface area contributed by atoms with Crippen LogP contribution >= 0.6 is 11.8 Å². The lowest BCUT2D eigenvalue weighted by Gasteiger charge is -2.56. The van der Waals surface area contributed by atoms with E-state index < -0.39 is 0 Å². The Kier molecular flexibility index (Phi) is 4.91. The topological polar surface area (TPSA) is 38.3 Å². The van der Waals surface area contributed by atoms with Crippen molar-refractivity contribution in [2.75, 3.05) is 25.5 Å². The zero-order valence-corrected chi connectivity index (χ0v) is 15.0. The molecule has 0 aromatic heterocycles. The van der Waals surface area contributed by atoms with Gasteiger partial charge < -0.3 is 10.1 Å². The molecule has 0 unspecified atom stereocenters. The lowest BCUT2D eigenvalue weighted by Crippen LogP contribution is -2.48. The van der Waals surface area contributed by atoms with E-state index in [9.17, 15) is 4.79 Å². The number of ether oxygens (including phenoxy) is 1. The van der Waals surface area contributed by atoms with Crippen LogP contribution in [0.2, 0.25) is 0 Å². The van der Waals surface area contributed by atoms with Gasteiger partial charge in [-0.2, -0.15) is 11.8 Å². The van der Waals surface area contributed by atoms with Crippen LogP contribution in [0.3, 0.4) is 0 Å². The maximum absolute atomic E-state index is 12.4. The molecule has 4 saturated carbocycles. The third-order valence-corrected chi connectivity index (χ3v) is 8.03. The van der Waals surface area contributed by atoms with Gasteiger partial charge in [-0.25, -0.2) is 0 Å². The van der Waals surface area contributed by atoms with Gasteiger partial charge in [0.1, 0.15) is 0 Å². The summed E-state index contributed by atoms with van der Waals surface area (Å²) in [5, 5.41) is 3.95. The molecule has 5 fully saturated rings. The van der Waals surface area contributed by atoms with E-state index in [4.69, 9.17) is 4.74 Å². The molecule has 4 bridgehead atoms. The minimum atomic E-state index is 0.319. The highest BCUT2D eigenvalue weighted by Gasteiger charge is 2.51. The summed E-state index contributed by atoms with van der Waals surface area (Å²) in [5.41, 5.74) is 0.382. The van der Waals surface area contributed by atoms with Gasteiger partial charge in [-0.15, -0.1) is 0 Å². The van der Waals surface area contributed by atoms with E-state index in [1.165, 1.54) is 51.4 Å². The van der Waals surface area contributed by atoms with Crippen LogP contribution in [0.5, 0.6) is 0 Å². The Hall–Kier alpha value is -0.220. The summed E-state index contributed by atoms with van der Waals surface area (Å²) in [7, 11) is 0. The summed E-state index contributed by atoms with van der Waals surface area (Å²) in [6, 6.07) is 0. The van der Waals surface area contributed by atoms with Crippen LogP contribution in [0.15, 0.2) is 0 Å². The van der Waals surface area contributed by atoms with Gasteiger partial charge in [0.15, 0.2) is 0 Å². The van der Waals surface area contributed by atoms with Crippen LogP contribution in [0.1, 0.15) is 57.8 Å². The molecule has 1 amide bonds. The Morgan fingerprint density at radius 3 is 2.26 bits per heavy atom. The first-order valence-electron chi connectivity index (χ1n) is 9.67. The van der Waals surface area contributed by atoms with Crippen LogP contribution in [0.4, 0.5) is 0 Å². The van der Waals surface area contributed by atoms with Crippen molar-refractivity contribution in [1.82, 2.24) is 5.32 Å². The minimum Gasteiger partial charge on any atom is -0.381 e. The molecule has 3 nitrogen and oxygen atoms in total. The largest absolute Gasteiger partial charge is 0.381 e. The molecule has 5 rings (SSSR count). The fourth-order valence-electron chi connectivity index (χ4n) is 6.17. The normalized spacial score (nSPS) is 39.6. The molecular formula is C19H31NO2S. The van der Waals surface area contributed by atoms with Crippen LogP contribution in [0, 0.1) is 23.2 Å². The van der Waals surface area contributed by atoms with Gasteiger partial charge in [-0.05, 0) is 74.5 Å². The lowest BCUT2D eigenvalue weighted by atomic mass is 9.49. The highest BCUT2D eigenvalue weighted by molar-refractivity contribution is 7.99. The molecule has 5 aliphatic rings. The van der Waals surface area contributed by atoms with Crippen LogP contribution in [-0.4, -0.2) is 36.7 Å². The highest BCUT2D eigenvalue weighted by atomic mass is 32.2. The van der Waals surface area contributed by atoms with Gasteiger partial charge in [-0.1, -0.05) is 0 Å². The molecule has 0 atom stereocenters. The first kappa shape index (κ1) is 16.3. The number of carbonyl (C=O) groups is 1. The zero-order chi connectivity index (χ0) is 15.7. The van der Waals surface area contributed by atoms with Crippen molar-refractivity contribution >= 4 is 17.7 Å². The van der Waals surface area contributed by atoms with E-state index in [2.05, 4.69) is 5.32 Å². The number of rotatable bonds is 6. The van der Waals surface area contributed by atoms with Gasteiger partial charge in [0.05, 0.1) is 0 Å². The molecule has 4 heteroatoms. The summed E-state index contributed by atoms with van der Waals surface area (Å²) in [4.78, 5) is 12.4. The fourth-order valence-corrected chi connectivity index (χ4v) is 7.25. The summed E-state index contributed by atoms with van der Waals surface area (Å²) < 4.78 is 5.40. The van der Waals surface area contributed by atoms with Gasteiger partial charge >= 0.3 is 0 Å². The molecule has 0 aromatic rings. The van der Waals surface area contributed by atoms with Crippen molar-refractivity contribution in [3.8, 4) is 0 Å². The number of hydrogen-bond donors (Lipinski definition) is 1.